The molecule has 20 heavy (non-hydrogen) atoms. The molecule has 7 heteroatoms. The minimum Gasteiger partial charge on any atom is -0.478 e. The second-order valence-electron chi connectivity index (χ2n) is 3.54. The summed E-state index contributed by atoms with van der Waals surface area (Å²) in [4.78, 5) is 0. The molecule has 0 saturated carbocycles. The van der Waals surface area contributed by atoms with Crippen molar-refractivity contribution in [3.63, 3.8) is 0 Å². The molecule has 1 aromatic rings. The predicted octanol–water partition coefficient (Wildman–Crippen LogP) is 2.82. The first kappa shape index (κ1) is 16.6. The van der Waals surface area contributed by atoms with Crippen LogP contribution in [0.1, 0.15) is 12.5 Å². The topological polar surface area (TPSA) is 45.6 Å². The van der Waals surface area contributed by atoms with Crippen LogP contribution in [-0.4, -0.2) is 24.5 Å². The molecule has 0 aromatic heterocycles. The summed E-state index contributed by atoms with van der Waals surface area (Å²) in [6.07, 6.45) is 6.66. The normalized spacial score (nSPS) is 10.1. The van der Waals surface area contributed by atoms with Crippen LogP contribution in [0, 0.1) is 12.3 Å². The summed E-state index contributed by atoms with van der Waals surface area (Å²) in [5.74, 6) is 2.71. The largest absolute Gasteiger partial charge is 0.478 e. The lowest BCUT2D eigenvalue weighted by molar-refractivity contribution is 0.371. The van der Waals surface area contributed by atoms with Crippen molar-refractivity contribution in [1.82, 2.24) is 10.7 Å². The zero-order chi connectivity index (χ0) is 15.0. The van der Waals surface area contributed by atoms with Crippen molar-refractivity contribution in [2.24, 2.45) is 5.10 Å². The number of nitrogens with zero attached hydrogens (tertiary/aromatic N) is 1. The number of hydrogen-bond donors (Lipinski definition) is 2. The number of hydrogen-bond acceptors (Lipinski definition) is 3. The Morgan fingerprint density at radius 1 is 1.50 bits per heavy atom. The summed E-state index contributed by atoms with van der Waals surface area (Å²) < 4.78 is 5.26. The van der Waals surface area contributed by atoms with Gasteiger partial charge in [-0.1, -0.05) is 29.1 Å². The molecule has 0 spiro atoms. The Morgan fingerprint density at radius 2 is 2.15 bits per heavy atom. The summed E-state index contributed by atoms with van der Waals surface area (Å²) in [6.45, 7) is 2.76. The highest BCUT2D eigenvalue weighted by Gasteiger charge is 2.08. The first-order valence-electron chi connectivity index (χ1n) is 5.70. The third kappa shape index (κ3) is 5.25. The highest BCUT2D eigenvalue weighted by Crippen LogP contribution is 2.33. The molecule has 106 valence electrons. The number of halogens is 2. The fourth-order valence-corrected chi connectivity index (χ4v) is 2.08. The lowest BCUT2D eigenvalue weighted by atomic mass is 10.2. The number of benzene rings is 1. The van der Waals surface area contributed by atoms with Gasteiger partial charge in [0.05, 0.1) is 16.3 Å². The van der Waals surface area contributed by atoms with E-state index in [-0.39, 0.29) is 6.61 Å². The fourth-order valence-electron chi connectivity index (χ4n) is 1.27. The lowest BCUT2D eigenvalue weighted by Crippen LogP contribution is -2.31. The van der Waals surface area contributed by atoms with Crippen LogP contribution in [0.3, 0.4) is 0 Å². The number of thiocarbonyl (C=S) groups is 1. The van der Waals surface area contributed by atoms with E-state index in [2.05, 4.69) is 21.8 Å². The van der Waals surface area contributed by atoms with E-state index in [9.17, 15) is 0 Å². The fraction of sp³-hybridized carbons (Fsp3) is 0.231. The van der Waals surface area contributed by atoms with Gasteiger partial charge in [-0.05, 0) is 36.8 Å². The molecule has 1 aromatic carbocycles. The van der Waals surface area contributed by atoms with E-state index in [0.29, 0.717) is 26.5 Å². The van der Waals surface area contributed by atoms with Crippen molar-refractivity contribution in [3.8, 4) is 18.1 Å². The third-order valence-corrected chi connectivity index (χ3v) is 2.83. The second kappa shape index (κ2) is 8.64. The van der Waals surface area contributed by atoms with Gasteiger partial charge in [0.2, 0.25) is 0 Å². The number of rotatable bonds is 5. The summed E-state index contributed by atoms with van der Waals surface area (Å²) >= 11 is 17.1. The van der Waals surface area contributed by atoms with Gasteiger partial charge in [-0.15, -0.1) is 6.42 Å². The minimum absolute atomic E-state index is 0.103. The molecule has 2 N–H and O–H groups in total. The van der Waals surface area contributed by atoms with Crippen molar-refractivity contribution in [1.29, 1.82) is 0 Å². The number of nitrogens with one attached hydrogen (secondary N) is 2. The van der Waals surface area contributed by atoms with Gasteiger partial charge >= 0.3 is 0 Å². The van der Waals surface area contributed by atoms with E-state index in [1.54, 1.807) is 18.3 Å². The third-order valence-electron chi connectivity index (χ3n) is 2.04. The molecule has 0 fully saturated rings. The van der Waals surface area contributed by atoms with Crippen LogP contribution in [0.5, 0.6) is 5.75 Å². The summed E-state index contributed by atoms with van der Waals surface area (Å²) in [7, 11) is 0. The Labute approximate surface area is 133 Å². The van der Waals surface area contributed by atoms with E-state index in [4.69, 9.17) is 46.6 Å². The van der Waals surface area contributed by atoms with Crippen molar-refractivity contribution >= 4 is 46.7 Å². The molecular weight excluding hydrogens is 317 g/mol. The van der Waals surface area contributed by atoms with Crippen LogP contribution < -0.4 is 15.5 Å². The molecular formula is C13H13Cl2N3OS. The van der Waals surface area contributed by atoms with Gasteiger partial charge < -0.3 is 10.1 Å². The Bertz CT molecular complexity index is 532. The standard InChI is InChI=1S/C13H13Cl2N3OS/c1-3-5-19-12-10(14)6-9(7-11(12)15)8-17-18-13(20)16-4-2/h1,6-8H,4-5H2,2H3,(H2,16,18,20)/b17-8-. The Morgan fingerprint density at radius 3 is 2.70 bits per heavy atom. The van der Waals surface area contributed by atoms with E-state index in [1.807, 2.05) is 6.92 Å². The van der Waals surface area contributed by atoms with Crippen LogP contribution >= 0.6 is 35.4 Å². The van der Waals surface area contributed by atoms with Crippen molar-refractivity contribution in [3.05, 3.63) is 27.7 Å². The average Bonchev–Trinajstić information content (AvgIpc) is 2.38. The van der Waals surface area contributed by atoms with Gasteiger partial charge in [-0.3, -0.25) is 5.43 Å². The van der Waals surface area contributed by atoms with Crippen LogP contribution in [0.2, 0.25) is 10.0 Å². The van der Waals surface area contributed by atoms with Crippen molar-refractivity contribution < 1.29 is 4.74 Å². The molecule has 0 aliphatic carbocycles. The minimum atomic E-state index is 0.103. The maximum atomic E-state index is 6.06. The maximum Gasteiger partial charge on any atom is 0.186 e. The molecule has 0 aliphatic rings. The molecule has 0 amide bonds. The first-order chi connectivity index (χ1) is 9.58. The Balaban J connectivity index is 2.76. The highest BCUT2D eigenvalue weighted by atomic mass is 35.5. The molecule has 0 atom stereocenters. The van der Waals surface area contributed by atoms with Crippen LogP contribution in [-0.2, 0) is 0 Å². The van der Waals surface area contributed by atoms with E-state index >= 15 is 0 Å². The SMILES string of the molecule is C#CCOc1c(Cl)cc(/C=N\NC(=S)NCC)cc1Cl. The van der Waals surface area contributed by atoms with E-state index in [1.165, 1.54) is 0 Å². The second-order valence-corrected chi connectivity index (χ2v) is 4.76. The molecule has 1 rings (SSSR count). The van der Waals surface area contributed by atoms with Gasteiger partial charge in [0.1, 0.15) is 6.61 Å². The monoisotopic (exact) mass is 329 g/mol. The summed E-state index contributed by atoms with van der Waals surface area (Å²) in [5.41, 5.74) is 3.37. The first-order valence-corrected chi connectivity index (χ1v) is 6.87. The zero-order valence-corrected chi connectivity index (χ0v) is 13.1. The van der Waals surface area contributed by atoms with Gasteiger partial charge in [0.15, 0.2) is 10.9 Å². The average molecular weight is 330 g/mol. The zero-order valence-electron chi connectivity index (χ0n) is 10.7. The number of hydrazone groups is 1. The lowest BCUT2D eigenvalue weighted by Gasteiger charge is -2.08. The van der Waals surface area contributed by atoms with Crippen molar-refractivity contribution in [2.75, 3.05) is 13.2 Å². The molecule has 0 bridgehead atoms. The number of ether oxygens (including phenoxy) is 1. The molecule has 0 aliphatic heterocycles. The van der Waals surface area contributed by atoms with Gasteiger partial charge in [0, 0.05) is 6.54 Å². The Hall–Kier alpha value is -1.48. The van der Waals surface area contributed by atoms with Crippen LogP contribution in [0.4, 0.5) is 0 Å². The maximum absolute atomic E-state index is 6.06. The van der Waals surface area contributed by atoms with Gasteiger partial charge in [0.25, 0.3) is 0 Å². The van der Waals surface area contributed by atoms with Crippen LogP contribution in [0.25, 0.3) is 0 Å². The molecule has 0 radical (unpaired) electrons. The Kier molecular flexibility index (Phi) is 7.16. The summed E-state index contributed by atoms with van der Waals surface area (Å²) in [5, 5.41) is 8.04. The van der Waals surface area contributed by atoms with E-state index < -0.39 is 0 Å². The molecule has 0 saturated heterocycles. The number of terminal acetylenes is 1. The quantitative estimate of drug-likeness (QED) is 0.377. The summed E-state index contributed by atoms with van der Waals surface area (Å²) in [6, 6.07) is 3.33. The van der Waals surface area contributed by atoms with Gasteiger partial charge in [-0.25, -0.2) is 0 Å². The van der Waals surface area contributed by atoms with Gasteiger partial charge in [-0.2, -0.15) is 5.10 Å². The van der Waals surface area contributed by atoms with Crippen molar-refractivity contribution in [2.45, 2.75) is 6.92 Å². The van der Waals surface area contributed by atoms with E-state index in [0.717, 1.165) is 6.54 Å². The molecule has 0 heterocycles. The molecule has 4 nitrogen and oxygen atoms in total. The van der Waals surface area contributed by atoms with Crippen LogP contribution in [0.15, 0.2) is 17.2 Å². The highest BCUT2D eigenvalue weighted by molar-refractivity contribution is 7.80. The molecule has 0 unspecified atom stereocenters. The smallest absolute Gasteiger partial charge is 0.186 e. The predicted molar refractivity (Wildman–Crippen MR) is 87.8 cm³/mol.